The van der Waals surface area contributed by atoms with E-state index in [1.165, 1.54) is 31.4 Å². The van der Waals surface area contributed by atoms with E-state index in [0.29, 0.717) is 28.1 Å². The zero-order valence-corrected chi connectivity index (χ0v) is 19.2. The summed E-state index contributed by atoms with van der Waals surface area (Å²) in [6.45, 7) is 0.376. The molecule has 0 saturated heterocycles. The van der Waals surface area contributed by atoms with Crippen molar-refractivity contribution in [2.75, 3.05) is 12.4 Å². The Morgan fingerprint density at radius 2 is 1.94 bits per heavy atom. The molecule has 0 fully saturated rings. The van der Waals surface area contributed by atoms with E-state index in [4.69, 9.17) is 21.1 Å². The third-order valence-corrected chi connectivity index (χ3v) is 5.22. The second-order valence-electron chi connectivity index (χ2n) is 6.55. The van der Waals surface area contributed by atoms with Crippen molar-refractivity contribution < 1.29 is 19.2 Å². The van der Waals surface area contributed by atoms with Crippen LogP contribution in [-0.4, -0.2) is 17.9 Å². The van der Waals surface area contributed by atoms with Crippen LogP contribution >= 0.6 is 27.5 Å². The minimum absolute atomic E-state index is 0.00457. The summed E-state index contributed by atoms with van der Waals surface area (Å²) >= 11 is 9.27. The summed E-state index contributed by atoms with van der Waals surface area (Å²) in [6, 6.07) is 17.3. The van der Waals surface area contributed by atoms with Gasteiger partial charge in [-0.15, -0.1) is 0 Å². The van der Waals surface area contributed by atoms with E-state index in [9.17, 15) is 14.9 Å². The molecule has 9 heteroatoms. The highest BCUT2D eigenvalue weighted by Crippen LogP contribution is 2.37. The highest BCUT2D eigenvalue weighted by atomic mass is 79.9. The van der Waals surface area contributed by atoms with Gasteiger partial charge < -0.3 is 14.8 Å². The van der Waals surface area contributed by atoms with Crippen molar-refractivity contribution >= 4 is 50.9 Å². The van der Waals surface area contributed by atoms with E-state index in [0.717, 1.165) is 5.56 Å². The van der Waals surface area contributed by atoms with Gasteiger partial charge in [0.2, 0.25) is 5.91 Å². The van der Waals surface area contributed by atoms with Gasteiger partial charge in [0.25, 0.3) is 5.69 Å². The first-order valence-corrected chi connectivity index (χ1v) is 10.5. The number of nitrogens with zero attached hydrogens (tertiary/aromatic N) is 1. The smallest absolute Gasteiger partial charge is 0.289 e. The van der Waals surface area contributed by atoms with E-state index in [2.05, 4.69) is 21.2 Å². The number of hydrogen-bond donors (Lipinski definition) is 1. The Balaban J connectivity index is 1.71. The fourth-order valence-corrected chi connectivity index (χ4v) is 3.55. The summed E-state index contributed by atoms with van der Waals surface area (Å²) in [7, 11) is 1.53. The zero-order valence-electron chi connectivity index (χ0n) is 16.9. The molecule has 0 aromatic heterocycles. The number of amides is 1. The number of nitro groups is 1. The van der Waals surface area contributed by atoms with Gasteiger partial charge in [-0.3, -0.25) is 14.9 Å². The molecule has 0 unspecified atom stereocenters. The topological polar surface area (TPSA) is 90.7 Å². The van der Waals surface area contributed by atoms with Gasteiger partial charge in [0.1, 0.15) is 11.6 Å². The minimum Gasteiger partial charge on any atom is -0.493 e. The molecule has 3 aromatic carbocycles. The standard InChI is InChI=1S/C23H18BrClN2O5/c1-31-21-12-16(11-18(24)23(21)32-14-15-5-3-2-4-6-15)7-10-22(28)26-17-8-9-19(25)20(13-17)27(29)30/h2-13H,14H2,1H3,(H,26,28). The van der Waals surface area contributed by atoms with Gasteiger partial charge in [0.05, 0.1) is 16.5 Å². The number of hydrogen-bond acceptors (Lipinski definition) is 5. The second-order valence-corrected chi connectivity index (χ2v) is 7.82. The van der Waals surface area contributed by atoms with Crippen LogP contribution < -0.4 is 14.8 Å². The monoisotopic (exact) mass is 516 g/mol. The molecule has 1 amide bonds. The van der Waals surface area contributed by atoms with Crippen molar-refractivity contribution in [3.63, 3.8) is 0 Å². The number of ether oxygens (including phenoxy) is 2. The molecule has 0 bridgehead atoms. The Kier molecular flexibility index (Phi) is 7.86. The molecule has 0 radical (unpaired) electrons. The highest BCUT2D eigenvalue weighted by Gasteiger charge is 2.14. The number of anilines is 1. The lowest BCUT2D eigenvalue weighted by Gasteiger charge is -2.13. The van der Waals surface area contributed by atoms with Gasteiger partial charge in [-0.05, 0) is 57.4 Å². The van der Waals surface area contributed by atoms with Gasteiger partial charge >= 0.3 is 0 Å². The van der Waals surface area contributed by atoms with Crippen molar-refractivity contribution in [1.29, 1.82) is 0 Å². The number of methoxy groups -OCH3 is 1. The van der Waals surface area contributed by atoms with E-state index in [-0.39, 0.29) is 16.4 Å². The number of rotatable bonds is 8. The Bertz CT molecular complexity index is 1170. The molecule has 0 spiro atoms. The summed E-state index contributed by atoms with van der Waals surface area (Å²) < 4.78 is 12.0. The SMILES string of the molecule is COc1cc(C=CC(=O)Nc2ccc(Cl)c([N+](=O)[O-])c2)cc(Br)c1OCc1ccccc1. The van der Waals surface area contributed by atoms with Crippen molar-refractivity contribution in [2.24, 2.45) is 0 Å². The number of carbonyl (C=O) groups excluding carboxylic acids is 1. The maximum absolute atomic E-state index is 12.2. The molecule has 0 atom stereocenters. The molecule has 0 aliphatic heterocycles. The van der Waals surface area contributed by atoms with Crippen molar-refractivity contribution in [1.82, 2.24) is 0 Å². The van der Waals surface area contributed by atoms with Crippen LogP contribution in [0.2, 0.25) is 5.02 Å². The summed E-state index contributed by atoms with van der Waals surface area (Å²) in [6.07, 6.45) is 2.90. The van der Waals surface area contributed by atoms with Crippen LogP contribution in [0.3, 0.4) is 0 Å². The number of nitro benzene ring substituents is 1. The predicted octanol–water partition coefficient (Wildman–Crippen LogP) is 6.25. The van der Waals surface area contributed by atoms with E-state index in [1.807, 2.05) is 30.3 Å². The maximum atomic E-state index is 12.2. The van der Waals surface area contributed by atoms with Crippen LogP contribution in [-0.2, 0) is 11.4 Å². The fraction of sp³-hybridized carbons (Fsp3) is 0.0870. The number of carbonyl (C=O) groups is 1. The Hall–Kier alpha value is -3.36. The fourth-order valence-electron chi connectivity index (χ4n) is 2.79. The molecular weight excluding hydrogens is 500 g/mol. The Morgan fingerprint density at radius 3 is 2.62 bits per heavy atom. The van der Waals surface area contributed by atoms with Crippen LogP contribution in [0.4, 0.5) is 11.4 Å². The van der Waals surface area contributed by atoms with Crippen molar-refractivity contribution in [3.05, 3.63) is 97.5 Å². The summed E-state index contributed by atoms with van der Waals surface area (Å²) in [4.78, 5) is 22.6. The highest BCUT2D eigenvalue weighted by molar-refractivity contribution is 9.10. The van der Waals surface area contributed by atoms with Crippen molar-refractivity contribution in [3.8, 4) is 11.5 Å². The molecule has 1 N–H and O–H groups in total. The van der Waals surface area contributed by atoms with Gasteiger partial charge in [-0.2, -0.15) is 0 Å². The van der Waals surface area contributed by atoms with Crippen LogP contribution in [0.15, 0.2) is 71.2 Å². The van der Waals surface area contributed by atoms with E-state index >= 15 is 0 Å². The van der Waals surface area contributed by atoms with Crippen LogP contribution in [0.25, 0.3) is 6.08 Å². The van der Waals surface area contributed by atoms with Gasteiger partial charge in [-0.1, -0.05) is 41.9 Å². The van der Waals surface area contributed by atoms with Gasteiger partial charge in [0, 0.05) is 17.8 Å². The Morgan fingerprint density at radius 1 is 1.19 bits per heavy atom. The lowest BCUT2D eigenvalue weighted by molar-refractivity contribution is -0.384. The predicted molar refractivity (Wildman–Crippen MR) is 127 cm³/mol. The van der Waals surface area contributed by atoms with Crippen molar-refractivity contribution in [2.45, 2.75) is 6.61 Å². The first-order valence-electron chi connectivity index (χ1n) is 9.34. The molecule has 3 aromatic rings. The maximum Gasteiger partial charge on any atom is 0.289 e. The minimum atomic E-state index is -0.612. The van der Waals surface area contributed by atoms with Gasteiger partial charge in [-0.25, -0.2) is 0 Å². The number of halogens is 2. The van der Waals surface area contributed by atoms with Gasteiger partial charge in [0.15, 0.2) is 11.5 Å². The first kappa shape index (κ1) is 23.3. The summed E-state index contributed by atoms with van der Waals surface area (Å²) in [5.41, 5.74) is 1.69. The molecule has 3 rings (SSSR count). The van der Waals surface area contributed by atoms with Crippen LogP contribution in [0, 0.1) is 10.1 Å². The summed E-state index contributed by atoms with van der Waals surface area (Å²) in [5.74, 6) is 0.594. The van der Waals surface area contributed by atoms with Crippen LogP contribution in [0.5, 0.6) is 11.5 Å². The molecule has 164 valence electrons. The first-order chi connectivity index (χ1) is 15.4. The van der Waals surface area contributed by atoms with Crippen LogP contribution in [0.1, 0.15) is 11.1 Å². The summed E-state index contributed by atoms with van der Waals surface area (Å²) in [5, 5.41) is 13.6. The largest absolute Gasteiger partial charge is 0.493 e. The third-order valence-electron chi connectivity index (χ3n) is 4.32. The molecule has 0 aliphatic carbocycles. The number of benzene rings is 3. The average Bonchev–Trinajstić information content (AvgIpc) is 2.78. The lowest BCUT2D eigenvalue weighted by Crippen LogP contribution is -2.08. The van der Waals surface area contributed by atoms with E-state index < -0.39 is 10.8 Å². The molecular formula is C23H18BrClN2O5. The molecule has 7 nitrogen and oxygen atoms in total. The Labute approximate surface area is 197 Å². The molecule has 32 heavy (non-hydrogen) atoms. The lowest BCUT2D eigenvalue weighted by atomic mass is 10.2. The molecule has 0 saturated carbocycles. The normalized spacial score (nSPS) is 10.7. The average molecular weight is 518 g/mol. The second kappa shape index (κ2) is 10.8. The molecule has 0 aliphatic rings. The quantitative estimate of drug-likeness (QED) is 0.217. The molecule has 0 heterocycles. The zero-order chi connectivity index (χ0) is 23.1. The number of nitrogens with one attached hydrogen (secondary N) is 1. The third kappa shape index (κ3) is 6.09. The van der Waals surface area contributed by atoms with E-state index in [1.54, 1.807) is 18.2 Å².